The van der Waals surface area contributed by atoms with Gasteiger partial charge in [0.25, 0.3) is 5.69 Å². The first-order valence-corrected chi connectivity index (χ1v) is 8.27. The van der Waals surface area contributed by atoms with Gasteiger partial charge in [-0.15, -0.1) is 11.3 Å². The molecule has 6 nitrogen and oxygen atoms in total. The van der Waals surface area contributed by atoms with Gasteiger partial charge >= 0.3 is 0 Å². The SMILES string of the molecule is Cc1cc([N+](=O)[O-])cnc1NCCc1nc2c(s1)CCCC2. The number of nitro groups is 1. The lowest BCUT2D eigenvalue weighted by molar-refractivity contribution is -0.385. The lowest BCUT2D eigenvalue weighted by Gasteiger charge is -2.07. The van der Waals surface area contributed by atoms with Crippen LogP contribution >= 0.6 is 11.3 Å². The first kappa shape index (κ1) is 14.9. The van der Waals surface area contributed by atoms with Gasteiger partial charge in [-0.25, -0.2) is 9.97 Å². The zero-order chi connectivity index (χ0) is 15.5. The van der Waals surface area contributed by atoms with Crippen LogP contribution in [0.1, 0.15) is 34.0 Å². The van der Waals surface area contributed by atoms with E-state index in [0.29, 0.717) is 5.82 Å². The summed E-state index contributed by atoms with van der Waals surface area (Å²) in [6, 6.07) is 1.54. The van der Waals surface area contributed by atoms with Crippen LogP contribution in [0.2, 0.25) is 0 Å². The standard InChI is InChI=1S/C15H18N4O2S/c1-10-8-11(19(20)21)9-17-15(10)16-7-6-14-18-12-4-2-3-5-13(12)22-14/h8-9H,2-7H2,1H3,(H,16,17). The Labute approximate surface area is 132 Å². The maximum atomic E-state index is 10.7. The molecule has 2 aromatic heterocycles. The summed E-state index contributed by atoms with van der Waals surface area (Å²) in [4.78, 5) is 20.6. The van der Waals surface area contributed by atoms with Crippen LogP contribution in [0.3, 0.4) is 0 Å². The highest BCUT2D eigenvalue weighted by Gasteiger charge is 2.15. The van der Waals surface area contributed by atoms with Gasteiger partial charge in [0.05, 0.1) is 15.6 Å². The Bertz CT molecular complexity index is 675. The van der Waals surface area contributed by atoms with Gasteiger partial charge in [-0.1, -0.05) is 0 Å². The molecule has 1 aliphatic rings. The Balaban J connectivity index is 1.59. The van der Waals surface area contributed by atoms with E-state index >= 15 is 0 Å². The molecule has 0 aromatic carbocycles. The molecule has 0 amide bonds. The van der Waals surface area contributed by atoms with Crippen molar-refractivity contribution in [3.05, 3.63) is 43.5 Å². The van der Waals surface area contributed by atoms with Crippen LogP contribution < -0.4 is 5.32 Å². The molecule has 1 N–H and O–H groups in total. The van der Waals surface area contributed by atoms with Crippen LogP contribution in [-0.4, -0.2) is 21.4 Å². The lowest BCUT2D eigenvalue weighted by Crippen LogP contribution is -2.08. The van der Waals surface area contributed by atoms with E-state index < -0.39 is 4.92 Å². The fourth-order valence-electron chi connectivity index (χ4n) is 2.65. The van der Waals surface area contributed by atoms with Crippen molar-refractivity contribution >= 4 is 22.8 Å². The molecule has 0 radical (unpaired) electrons. The van der Waals surface area contributed by atoms with E-state index in [4.69, 9.17) is 4.98 Å². The molecule has 2 aromatic rings. The van der Waals surface area contributed by atoms with Gasteiger partial charge in [-0.2, -0.15) is 0 Å². The maximum absolute atomic E-state index is 10.7. The van der Waals surface area contributed by atoms with Crippen LogP contribution in [0, 0.1) is 17.0 Å². The highest BCUT2D eigenvalue weighted by atomic mass is 32.1. The Kier molecular flexibility index (Phi) is 4.33. The van der Waals surface area contributed by atoms with E-state index in [2.05, 4.69) is 10.3 Å². The van der Waals surface area contributed by atoms with Crippen molar-refractivity contribution in [1.82, 2.24) is 9.97 Å². The fourth-order valence-corrected chi connectivity index (χ4v) is 3.80. The molecule has 116 valence electrons. The first-order valence-electron chi connectivity index (χ1n) is 7.46. The van der Waals surface area contributed by atoms with E-state index in [1.807, 2.05) is 18.3 Å². The molecular formula is C15H18N4O2S. The topological polar surface area (TPSA) is 81.0 Å². The predicted octanol–water partition coefficient (Wildman–Crippen LogP) is 3.29. The van der Waals surface area contributed by atoms with Crippen molar-refractivity contribution in [3.8, 4) is 0 Å². The van der Waals surface area contributed by atoms with Crippen molar-refractivity contribution in [2.45, 2.75) is 39.0 Å². The zero-order valence-corrected chi connectivity index (χ0v) is 13.3. The molecule has 1 aliphatic carbocycles. The first-order chi connectivity index (χ1) is 10.6. The summed E-state index contributed by atoms with van der Waals surface area (Å²) in [5.74, 6) is 0.701. The number of anilines is 1. The van der Waals surface area contributed by atoms with Gasteiger partial charge in [0.2, 0.25) is 0 Å². The number of thiazole rings is 1. The molecule has 0 aliphatic heterocycles. The van der Waals surface area contributed by atoms with Gasteiger partial charge in [0.15, 0.2) is 0 Å². The number of aryl methyl sites for hydroxylation is 3. The Morgan fingerprint density at radius 1 is 1.41 bits per heavy atom. The second-order valence-electron chi connectivity index (χ2n) is 5.48. The van der Waals surface area contributed by atoms with Gasteiger partial charge in [0, 0.05) is 23.9 Å². The molecule has 0 bridgehead atoms. The van der Waals surface area contributed by atoms with E-state index in [9.17, 15) is 10.1 Å². The summed E-state index contributed by atoms with van der Waals surface area (Å²) in [6.07, 6.45) is 6.96. The molecule has 22 heavy (non-hydrogen) atoms. The Hall–Kier alpha value is -2.02. The maximum Gasteiger partial charge on any atom is 0.287 e. The quantitative estimate of drug-likeness (QED) is 0.676. The molecule has 0 saturated heterocycles. The normalized spacial score (nSPS) is 13.7. The van der Waals surface area contributed by atoms with Crippen molar-refractivity contribution in [1.29, 1.82) is 0 Å². The Morgan fingerprint density at radius 2 is 2.23 bits per heavy atom. The van der Waals surface area contributed by atoms with Gasteiger partial charge in [0.1, 0.15) is 12.0 Å². The lowest BCUT2D eigenvalue weighted by atomic mass is 10.0. The third-order valence-electron chi connectivity index (χ3n) is 3.80. The Morgan fingerprint density at radius 3 is 2.95 bits per heavy atom. The number of rotatable bonds is 5. The van der Waals surface area contributed by atoms with E-state index in [0.717, 1.165) is 24.9 Å². The van der Waals surface area contributed by atoms with Crippen LogP contribution in [-0.2, 0) is 19.3 Å². The molecule has 0 atom stereocenters. The third-order valence-corrected chi connectivity index (χ3v) is 5.01. The molecule has 2 heterocycles. The molecule has 7 heteroatoms. The molecule has 0 saturated carbocycles. The zero-order valence-electron chi connectivity index (χ0n) is 12.5. The number of hydrogen-bond donors (Lipinski definition) is 1. The molecule has 0 spiro atoms. The minimum Gasteiger partial charge on any atom is -0.369 e. The minimum atomic E-state index is -0.427. The second kappa shape index (κ2) is 6.39. The largest absolute Gasteiger partial charge is 0.369 e. The van der Waals surface area contributed by atoms with Crippen LogP contribution in [0.25, 0.3) is 0 Å². The van der Waals surface area contributed by atoms with Crippen molar-refractivity contribution in [2.75, 3.05) is 11.9 Å². The van der Waals surface area contributed by atoms with E-state index in [1.54, 1.807) is 0 Å². The van der Waals surface area contributed by atoms with Crippen LogP contribution in [0.5, 0.6) is 0 Å². The van der Waals surface area contributed by atoms with E-state index in [1.165, 1.54) is 47.1 Å². The number of aromatic nitrogens is 2. The molecule has 0 unspecified atom stereocenters. The van der Waals surface area contributed by atoms with Crippen LogP contribution in [0.15, 0.2) is 12.3 Å². The minimum absolute atomic E-state index is 0.0237. The molecule has 0 fully saturated rings. The smallest absolute Gasteiger partial charge is 0.287 e. The summed E-state index contributed by atoms with van der Waals surface area (Å²) in [5, 5.41) is 15.1. The summed E-state index contributed by atoms with van der Waals surface area (Å²) < 4.78 is 0. The van der Waals surface area contributed by atoms with Gasteiger partial charge < -0.3 is 5.32 Å². The number of hydrogen-bond acceptors (Lipinski definition) is 6. The van der Waals surface area contributed by atoms with Crippen LogP contribution in [0.4, 0.5) is 11.5 Å². The highest BCUT2D eigenvalue weighted by Crippen LogP contribution is 2.27. The number of pyridine rings is 1. The van der Waals surface area contributed by atoms with Gasteiger partial charge in [-0.05, 0) is 38.2 Å². The molecular weight excluding hydrogens is 300 g/mol. The van der Waals surface area contributed by atoms with Crippen molar-refractivity contribution < 1.29 is 4.92 Å². The summed E-state index contributed by atoms with van der Waals surface area (Å²) in [5.41, 5.74) is 2.10. The number of nitrogens with zero attached hydrogens (tertiary/aromatic N) is 3. The molecule has 3 rings (SSSR count). The third kappa shape index (κ3) is 3.24. The average Bonchev–Trinajstić information content (AvgIpc) is 2.91. The van der Waals surface area contributed by atoms with Crippen molar-refractivity contribution in [2.24, 2.45) is 0 Å². The second-order valence-corrected chi connectivity index (χ2v) is 6.65. The average molecular weight is 318 g/mol. The summed E-state index contributed by atoms with van der Waals surface area (Å²) >= 11 is 1.82. The van der Waals surface area contributed by atoms with Gasteiger partial charge in [-0.3, -0.25) is 10.1 Å². The monoisotopic (exact) mass is 318 g/mol. The predicted molar refractivity (Wildman–Crippen MR) is 86.6 cm³/mol. The fraction of sp³-hybridized carbons (Fsp3) is 0.467. The summed E-state index contributed by atoms with van der Waals surface area (Å²) in [6.45, 7) is 2.56. The number of nitrogens with one attached hydrogen (secondary N) is 1. The highest BCUT2D eigenvalue weighted by molar-refractivity contribution is 7.11. The summed E-state index contributed by atoms with van der Waals surface area (Å²) in [7, 11) is 0. The van der Waals surface area contributed by atoms with E-state index in [-0.39, 0.29) is 5.69 Å². The van der Waals surface area contributed by atoms with Crippen molar-refractivity contribution in [3.63, 3.8) is 0 Å². The number of fused-ring (bicyclic) bond motifs is 1.